The molecule has 0 heterocycles. The summed E-state index contributed by atoms with van der Waals surface area (Å²) in [6, 6.07) is 5.95. The second-order valence-corrected chi connectivity index (χ2v) is 3.97. The summed E-state index contributed by atoms with van der Waals surface area (Å²) >= 11 is 0. The fourth-order valence-corrected chi connectivity index (χ4v) is 1.47. The molecule has 0 spiro atoms. The van der Waals surface area contributed by atoms with Crippen molar-refractivity contribution in [2.75, 3.05) is 26.4 Å². The van der Waals surface area contributed by atoms with Crippen molar-refractivity contribution in [3.8, 4) is 17.6 Å². The van der Waals surface area contributed by atoms with Crippen LogP contribution in [0.4, 0.5) is 0 Å². The summed E-state index contributed by atoms with van der Waals surface area (Å²) in [6.07, 6.45) is 1.03. The highest BCUT2D eigenvalue weighted by Crippen LogP contribution is 2.18. The first kappa shape index (κ1) is 14.6. The van der Waals surface area contributed by atoms with Crippen LogP contribution in [0.3, 0.4) is 0 Å². The molecule has 0 unspecified atom stereocenters. The topological polar surface area (TPSA) is 44.5 Å². The number of rotatable bonds is 6. The van der Waals surface area contributed by atoms with E-state index in [1.54, 1.807) is 0 Å². The van der Waals surface area contributed by atoms with E-state index in [0.29, 0.717) is 19.8 Å². The molecule has 0 saturated carbocycles. The van der Waals surface area contributed by atoms with Gasteiger partial charge >= 0.3 is 0 Å². The van der Waals surface area contributed by atoms with E-state index in [0.717, 1.165) is 29.9 Å². The van der Waals surface area contributed by atoms with Crippen molar-refractivity contribution in [3.05, 3.63) is 29.3 Å². The lowest BCUT2D eigenvalue weighted by atomic mass is 10.1. The predicted molar refractivity (Wildman–Crippen MR) is 73.7 cm³/mol. The third kappa shape index (κ3) is 5.22. The van der Waals surface area contributed by atoms with Gasteiger partial charge in [-0.2, -0.15) is 0 Å². The van der Waals surface area contributed by atoms with Crippen LogP contribution in [-0.2, 0) is 4.74 Å². The van der Waals surface area contributed by atoms with Crippen LogP contribution in [-0.4, -0.2) is 26.4 Å². The third-order valence-corrected chi connectivity index (χ3v) is 2.29. The van der Waals surface area contributed by atoms with Crippen molar-refractivity contribution >= 4 is 0 Å². The Morgan fingerprint density at radius 3 is 2.78 bits per heavy atom. The summed E-state index contributed by atoms with van der Waals surface area (Å²) in [5.41, 5.74) is 7.43. The fraction of sp³-hybridized carbons (Fsp3) is 0.467. The summed E-state index contributed by atoms with van der Waals surface area (Å²) in [5, 5.41) is 0. The van der Waals surface area contributed by atoms with E-state index in [9.17, 15) is 0 Å². The van der Waals surface area contributed by atoms with Gasteiger partial charge in [0.1, 0.15) is 12.4 Å². The number of aryl methyl sites for hydroxylation is 1. The normalized spacial score (nSPS) is 9.72. The monoisotopic (exact) mass is 247 g/mol. The Balaban J connectivity index is 2.58. The maximum Gasteiger partial charge on any atom is 0.135 e. The van der Waals surface area contributed by atoms with Crippen molar-refractivity contribution in [2.45, 2.75) is 20.3 Å². The molecule has 1 aromatic carbocycles. The molecule has 0 aliphatic carbocycles. The SMILES string of the molecule is CCCOCCOc1ccc(C)cc1C#CCN. The molecule has 18 heavy (non-hydrogen) atoms. The molecular weight excluding hydrogens is 226 g/mol. The van der Waals surface area contributed by atoms with E-state index in [4.69, 9.17) is 15.2 Å². The van der Waals surface area contributed by atoms with Crippen LogP contribution < -0.4 is 10.5 Å². The van der Waals surface area contributed by atoms with Gasteiger partial charge in [-0.05, 0) is 31.0 Å². The average molecular weight is 247 g/mol. The molecule has 0 saturated heterocycles. The molecule has 98 valence electrons. The minimum atomic E-state index is 0.354. The summed E-state index contributed by atoms with van der Waals surface area (Å²) in [5.74, 6) is 6.67. The number of hydrogen-bond donors (Lipinski definition) is 1. The van der Waals surface area contributed by atoms with E-state index >= 15 is 0 Å². The van der Waals surface area contributed by atoms with Crippen LogP contribution in [0.2, 0.25) is 0 Å². The van der Waals surface area contributed by atoms with E-state index < -0.39 is 0 Å². The average Bonchev–Trinajstić information content (AvgIpc) is 2.38. The zero-order valence-electron chi connectivity index (χ0n) is 11.2. The molecular formula is C15H21NO2. The molecule has 1 aromatic rings. The molecule has 0 fully saturated rings. The molecule has 3 heteroatoms. The minimum absolute atomic E-state index is 0.354. The summed E-state index contributed by atoms with van der Waals surface area (Å²) in [6.45, 7) is 6.39. The number of nitrogens with two attached hydrogens (primary N) is 1. The second-order valence-electron chi connectivity index (χ2n) is 3.97. The van der Waals surface area contributed by atoms with Gasteiger partial charge in [-0.1, -0.05) is 24.8 Å². The Labute approximate surface area is 109 Å². The lowest BCUT2D eigenvalue weighted by molar-refractivity contribution is 0.100. The van der Waals surface area contributed by atoms with Crippen LogP contribution >= 0.6 is 0 Å². The van der Waals surface area contributed by atoms with Gasteiger partial charge in [0.15, 0.2) is 0 Å². The zero-order valence-corrected chi connectivity index (χ0v) is 11.2. The predicted octanol–water partition coefficient (Wildman–Crippen LogP) is 2.11. The van der Waals surface area contributed by atoms with Crippen LogP contribution in [0.5, 0.6) is 5.75 Å². The molecule has 0 aromatic heterocycles. The first-order valence-corrected chi connectivity index (χ1v) is 6.28. The molecule has 1 rings (SSSR count). The molecule has 3 nitrogen and oxygen atoms in total. The van der Waals surface area contributed by atoms with Crippen molar-refractivity contribution in [1.82, 2.24) is 0 Å². The fourth-order valence-electron chi connectivity index (χ4n) is 1.47. The van der Waals surface area contributed by atoms with Crippen LogP contribution in [0, 0.1) is 18.8 Å². The number of benzene rings is 1. The molecule has 0 bridgehead atoms. The molecule has 0 amide bonds. The smallest absolute Gasteiger partial charge is 0.135 e. The zero-order chi connectivity index (χ0) is 13.2. The van der Waals surface area contributed by atoms with Gasteiger partial charge < -0.3 is 15.2 Å². The largest absolute Gasteiger partial charge is 0.490 e. The van der Waals surface area contributed by atoms with Gasteiger partial charge in [-0.15, -0.1) is 0 Å². The van der Waals surface area contributed by atoms with Crippen molar-refractivity contribution < 1.29 is 9.47 Å². The summed E-state index contributed by atoms with van der Waals surface area (Å²) in [4.78, 5) is 0. The maximum absolute atomic E-state index is 5.67. The first-order chi connectivity index (χ1) is 8.77. The Hall–Kier alpha value is -1.50. The van der Waals surface area contributed by atoms with Gasteiger partial charge in [-0.3, -0.25) is 0 Å². The van der Waals surface area contributed by atoms with Crippen LogP contribution in [0.1, 0.15) is 24.5 Å². The highest BCUT2D eigenvalue weighted by Gasteiger charge is 2.01. The lowest BCUT2D eigenvalue weighted by Crippen LogP contribution is -2.08. The van der Waals surface area contributed by atoms with Crippen molar-refractivity contribution in [3.63, 3.8) is 0 Å². The van der Waals surface area contributed by atoms with E-state index in [1.165, 1.54) is 0 Å². The van der Waals surface area contributed by atoms with Gasteiger partial charge in [0.25, 0.3) is 0 Å². The van der Waals surface area contributed by atoms with Crippen molar-refractivity contribution in [1.29, 1.82) is 0 Å². The lowest BCUT2D eigenvalue weighted by Gasteiger charge is -2.09. The first-order valence-electron chi connectivity index (χ1n) is 6.28. The molecule has 0 radical (unpaired) electrons. The minimum Gasteiger partial charge on any atom is -0.490 e. The second kappa shape index (κ2) is 8.57. The van der Waals surface area contributed by atoms with Gasteiger partial charge in [0.05, 0.1) is 18.7 Å². The maximum atomic E-state index is 5.67. The van der Waals surface area contributed by atoms with Crippen LogP contribution in [0.25, 0.3) is 0 Å². The molecule has 2 N–H and O–H groups in total. The van der Waals surface area contributed by atoms with E-state index in [1.807, 2.05) is 25.1 Å². The Morgan fingerprint density at radius 2 is 2.06 bits per heavy atom. The number of hydrogen-bond acceptors (Lipinski definition) is 3. The molecule has 0 aliphatic rings. The quantitative estimate of drug-likeness (QED) is 0.618. The van der Waals surface area contributed by atoms with Gasteiger partial charge in [0.2, 0.25) is 0 Å². The Bertz CT molecular complexity index is 418. The highest BCUT2D eigenvalue weighted by molar-refractivity contribution is 5.48. The van der Waals surface area contributed by atoms with E-state index in [2.05, 4.69) is 18.8 Å². The summed E-state index contributed by atoms with van der Waals surface area (Å²) < 4.78 is 11.0. The van der Waals surface area contributed by atoms with Crippen LogP contribution in [0.15, 0.2) is 18.2 Å². The molecule has 0 aliphatic heterocycles. The standard InChI is InChI=1S/C15H21NO2/c1-3-9-17-10-11-18-15-7-6-13(2)12-14(15)5-4-8-16/h6-7,12H,3,8-11,16H2,1-2H3. The van der Waals surface area contributed by atoms with Gasteiger partial charge in [0, 0.05) is 6.61 Å². The van der Waals surface area contributed by atoms with Crippen molar-refractivity contribution in [2.24, 2.45) is 5.73 Å². The van der Waals surface area contributed by atoms with E-state index in [-0.39, 0.29) is 0 Å². The third-order valence-electron chi connectivity index (χ3n) is 2.29. The highest BCUT2D eigenvalue weighted by atomic mass is 16.5. The Kier molecular flexibility index (Phi) is 6.93. The van der Waals surface area contributed by atoms with Gasteiger partial charge in [-0.25, -0.2) is 0 Å². The number of ether oxygens (including phenoxy) is 2. The summed E-state index contributed by atoms with van der Waals surface area (Å²) in [7, 11) is 0. The molecule has 0 atom stereocenters. The Morgan fingerprint density at radius 1 is 1.22 bits per heavy atom.